The van der Waals surface area contributed by atoms with Crippen molar-refractivity contribution in [2.24, 2.45) is 0 Å². The highest BCUT2D eigenvalue weighted by Crippen LogP contribution is 2.15. The number of hydrogen-bond acceptors (Lipinski definition) is 4. The van der Waals surface area contributed by atoms with E-state index in [1.807, 2.05) is 26.0 Å². The van der Waals surface area contributed by atoms with Crippen LogP contribution in [0.1, 0.15) is 21.5 Å². The maximum atomic E-state index is 12.3. The smallest absolute Gasteiger partial charge is 0.325 e. The SMILES string of the molecule is COC(=O)CN(CC#N)C(=O)c1cccc(C)c1C. The molecule has 5 heteroatoms. The van der Waals surface area contributed by atoms with Gasteiger partial charge in [0.25, 0.3) is 5.91 Å². The zero-order valence-corrected chi connectivity index (χ0v) is 11.3. The summed E-state index contributed by atoms with van der Waals surface area (Å²) in [6.45, 7) is 3.36. The van der Waals surface area contributed by atoms with Crippen LogP contribution in [0.25, 0.3) is 0 Å². The minimum atomic E-state index is -0.547. The Bertz CT molecular complexity index is 532. The number of hydrogen-bond donors (Lipinski definition) is 0. The summed E-state index contributed by atoms with van der Waals surface area (Å²) in [7, 11) is 1.25. The fourth-order valence-electron chi connectivity index (χ4n) is 1.66. The van der Waals surface area contributed by atoms with E-state index in [4.69, 9.17) is 5.26 Å². The summed E-state index contributed by atoms with van der Waals surface area (Å²) in [5.74, 6) is -0.887. The molecule has 0 aromatic heterocycles. The Morgan fingerprint density at radius 1 is 1.37 bits per heavy atom. The van der Waals surface area contributed by atoms with Gasteiger partial charge in [-0.25, -0.2) is 0 Å². The predicted molar refractivity (Wildman–Crippen MR) is 69.4 cm³/mol. The Hall–Kier alpha value is -2.35. The van der Waals surface area contributed by atoms with Crippen LogP contribution in [0.15, 0.2) is 18.2 Å². The van der Waals surface area contributed by atoms with Gasteiger partial charge in [-0.2, -0.15) is 5.26 Å². The third-order valence-electron chi connectivity index (χ3n) is 2.93. The van der Waals surface area contributed by atoms with Gasteiger partial charge in [-0.05, 0) is 31.0 Å². The highest BCUT2D eigenvalue weighted by molar-refractivity contribution is 5.97. The molecular weight excluding hydrogens is 244 g/mol. The lowest BCUT2D eigenvalue weighted by Gasteiger charge is -2.19. The van der Waals surface area contributed by atoms with Gasteiger partial charge in [0.1, 0.15) is 13.1 Å². The molecule has 5 nitrogen and oxygen atoms in total. The highest BCUT2D eigenvalue weighted by atomic mass is 16.5. The molecule has 0 N–H and O–H groups in total. The number of carbonyl (C=O) groups is 2. The van der Waals surface area contributed by atoms with Crippen molar-refractivity contribution in [3.63, 3.8) is 0 Å². The van der Waals surface area contributed by atoms with E-state index in [1.54, 1.807) is 12.1 Å². The standard InChI is InChI=1S/C14H16N2O3/c1-10-5-4-6-12(11(10)2)14(18)16(8-7-15)9-13(17)19-3/h4-6H,8-9H2,1-3H3. The molecule has 0 saturated carbocycles. The molecule has 0 atom stereocenters. The second kappa shape index (κ2) is 6.55. The topological polar surface area (TPSA) is 70.4 Å². The Morgan fingerprint density at radius 3 is 2.63 bits per heavy atom. The molecule has 0 heterocycles. The van der Waals surface area contributed by atoms with Gasteiger partial charge < -0.3 is 9.64 Å². The number of rotatable bonds is 4. The molecule has 0 saturated heterocycles. The van der Waals surface area contributed by atoms with Gasteiger partial charge >= 0.3 is 5.97 Å². The minimum absolute atomic E-state index is 0.151. The van der Waals surface area contributed by atoms with Crippen molar-refractivity contribution in [3.8, 4) is 6.07 Å². The van der Waals surface area contributed by atoms with Crippen molar-refractivity contribution in [3.05, 3.63) is 34.9 Å². The van der Waals surface area contributed by atoms with Crippen molar-refractivity contribution < 1.29 is 14.3 Å². The van der Waals surface area contributed by atoms with Crippen molar-refractivity contribution in [1.82, 2.24) is 4.90 Å². The lowest BCUT2D eigenvalue weighted by Crippen LogP contribution is -2.36. The Morgan fingerprint density at radius 2 is 2.05 bits per heavy atom. The van der Waals surface area contributed by atoms with Crippen LogP contribution in [0, 0.1) is 25.2 Å². The normalized spacial score (nSPS) is 9.58. The van der Waals surface area contributed by atoms with Gasteiger partial charge in [0.15, 0.2) is 0 Å². The third kappa shape index (κ3) is 3.55. The van der Waals surface area contributed by atoms with Crippen LogP contribution in [0.2, 0.25) is 0 Å². The van der Waals surface area contributed by atoms with Crippen LogP contribution < -0.4 is 0 Å². The number of esters is 1. The van der Waals surface area contributed by atoms with Crippen molar-refractivity contribution in [2.75, 3.05) is 20.2 Å². The van der Waals surface area contributed by atoms with E-state index in [0.717, 1.165) is 11.1 Å². The van der Waals surface area contributed by atoms with E-state index in [2.05, 4.69) is 4.74 Å². The van der Waals surface area contributed by atoms with Gasteiger partial charge in [-0.15, -0.1) is 0 Å². The first-order valence-electron chi connectivity index (χ1n) is 5.80. The molecule has 0 fully saturated rings. The lowest BCUT2D eigenvalue weighted by atomic mass is 10.0. The number of benzene rings is 1. The molecule has 1 aromatic rings. The Kier molecular flexibility index (Phi) is 5.07. The predicted octanol–water partition coefficient (Wildman–Crippen LogP) is 1.44. The van der Waals surface area contributed by atoms with Crippen molar-refractivity contribution in [2.45, 2.75) is 13.8 Å². The number of aryl methyl sites for hydroxylation is 1. The highest BCUT2D eigenvalue weighted by Gasteiger charge is 2.20. The third-order valence-corrected chi connectivity index (χ3v) is 2.93. The summed E-state index contributed by atoms with van der Waals surface area (Å²) in [4.78, 5) is 24.8. The molecule has 0 unspecified atom stereocenters. The maximum Gasteiger partial charge on any atom is 0.325 e. The molecular formula is C14H16N2O3. The summed E-state index contributed by atoms with van der Waals surface area (Å²) in [5.41, 5.74) is 2.33. The maximum absolute atomic E-state index is 12.3. The van der Waals surface area contributed by atoms with Crippen LogP contribution in [0.3, 0.4) is 0 Å². The van der Waals surface area contributed by atoms with Crippen LogP contribution in [0.4, 0.5) is 0 Å². The number of ether oxygens (including phenoxy) is 1. The molecule has 1 aromatic carbocycles. The van der Waals surface area contributed by atoms with Gasteiger partial charge in [0.05, 0.1) is 13.2 Å². The zero-order valence-electron chi connectivity index (χ0n) is 11.3. The van der Waals surface area contributed by atoms with E-state index >= 15 is 0 Å². The molecule has 0 radical (unpaired) electrons. The molecule has 19 heavy (non-hydrogen) atoms. The number of nitrogens with zero attached hydrogens (tertiary/aromatic N) is 2. The van der Waals surface area contributed by atoms with Gasteiger partial charge in [0, 0.05) is 5.56 Å². The molecule has 0 bridgehead atoms. The molecule has 1 rings (SSSR count). The monoisotopic (exact) mass is 260 g/mol. The number of nitriles is 1. The second-order valence-corrected chi connectivity index (χ2v) is 4.14. The number of carbonyl (C=O) groups excluding carboxylic acids is 2. The molecule has 0 aliphatic rings. The first-order chi connectivity index (χ1) is 9.01. The average Bonchev–Trinajstić information content (AvgIpc) is 2.40. The second-order valence-electron chi connectivity index (χ2n) is 4.14. The van der Waals surface area contributed by atoms with Crippen LogP contribution in [-0.2, 0) is 9.53 Å². The quantitative estimate of drug-likeness (QED) is 0.606. The van der Waals surface area contributed by atoms with Crippen molar-refractivity contribution >= 4 is 11.9 Å². The van der Waals surface area contributed by atoms with Gasteiger partial charge in [-0.1, -0.05) is 12.1 Å². The van der Waals surface area contributed by atoms with Gasteiger partial charge in [-0.3, -0.25) is 9.59 Å². The molecule has 100 valence electrons. The molecule has 0 aliphatic heterocycles. The minimum Gasteiger partial charge on any atom is -0.468 e. The van der Waals surface area contributed by atoms with E-state index < -0.39 is 5.97 Å². The van der Waals surface area contributed by atoms with Gasteiger partial charge in [0.2, 0.25) is 0 Å². The summed E-state index contributed by atoms with van der Waals surface area (Å²) in [6.07, 6.45) is 0. The average molecular weight is 260 g/mol. The molecule has 1 amide bonds. The fourth-order valence-corrected chi connectivity index (χ4v) is 1.66. The first kappa shape index (κ1) is 14.7. The molecule has 0 aliphatic carbocycles. The zero-order chi connectivity index (χ0) is 14.4. The Labute approximate surface area is 112 Å². The van der Waals surface area contributed by atoms with Crippen LogP contribution >= 0.6 is 0 Å². The number of methoxy groups -OCH3 is 1. The summed E-state index contributed by atoms with van der Waals surface area (Å²) < 4.78 is 4.52. The summed E-state index contributed by atoms with van der Waals surface area (Å²) >= 11 is 0. The van der Waals surface area contributed by atoms with Crippen LogP contribution in [0.5, 0.6) is 0 Å². The first-order valence-corrected chi connectivity index (χ1v) is 5.80. The number of amides is 1. The summed E-state index contributed by atoms with van der Waals surface area (Å²) in [6, 6.07) is 7.25. The Balaban J connectivity index is 3.03. The summed E-state index contributed by atoms with van der Waals surface area (Å²) in [5, 5.41) is 8.75. The van der Waals surface area contributed by atoms with E-state index in [0.29, 0.717) is 5.56 Å². The fraction of sp³-hybridized carbons (Fsp3) is 0.357. The van der Waals surface area contributed by atoms with Crippen molar-refractivity contribution in [1.29, 1.82) is 5.26 Å². The molecule has 0 spiro atoms. The van der Waals surface area contributed by atoms with E-state index in [-0.39, 0.29) is 19.0 Å². The van der Waals surface area contributed by atoms with Crippen LogP contribution in [-0.4, -0.2) is 37.0 Å². The lowest BCUT2D eigenvalue weighted by molar-refractivity contribution is -0.141. The van der Waals surface area contributed by atoms with E-state index in [1.165, 1.54) is 12.0 Å². The largest absolute Gasteiger partial charge is 0.468 e. The van der Waals surface area contributed by atoms with E-state index in [9.17, 15) is 9.59 Å².